The number of carbonyl (C=O) groups excluding carboxylic acids is 2. The molecule has 1 N–H and O–H groups in total. The monoisotopic (exact) mass is 264 g/mol. The van der Waals surface area contributed by atoms with E-state index < -0.39 is 11.9 Å². The highest BCUT2D eigenvalue weighted by Gasteiger charge is 2.08. The molecule has 0 fully saturated rings. The van der Waals surface area contributed by atoms with E-state index in [9.17, 15) is 9.59 Å². The van der Waals surface area contributed by atoms with Crippen molar-refractivity contribution in [2.75, 3.05) is 13.7 Å². The van der Waals surface area contributed by atoms with Crippen LogP contribution in [0.1, 0.15) is 24.2 Å². The Morgan fingerprint density at radius 1 is 1.26 bits per heavy atom. The predicted octanol–water partition coefficient (Wildman–Crippen LogP) is 1.36. The molecule has 0 saturated carbocycles. The van der Waals surface area contributed by atoms with Crippen molar-refractivity contribution in [3.63, 3.8) is 0 Å². The number of carbonyl (C=O) groups is 2. The molecule has 0 aliphatic rings. The molecule has 0 heterocycles. The zero-order valence-corrected chi connectivity index (χ0v) is 11.1. The largest absolute Gasteiger partial charge is 0.497 e. The third-order valence-corrected chi connectivity index (χ3v) is 2.25. The van der Waals surface area contributed by atoms with Crippen LogP contribution in [0.5, 0.6) is 5.75 Å². The number of nitrogens with one attached hydrogen (secondary N) is 1. The summed E-state index contributed by atoms with van der Waals surface area (Å²) in [6.07, 6.45) is 0. The first kappa shape index (κ1) is 14.7. The molecule has 1 aromatic carbocycles. The molecule has 1 aromatic rings. The quantitative estimate of drug-likeness (QED) is 0.495. The summed E-state index contributed by atoms with van der Waals surface area (Å²) in [4.78, 5) is 23.0. The molecule has 0 aliphatic heterocycles. The molecule has 102 valence electrons. The van der Waals surface area contributed by atoms with Gasteiger partial charge in [0, 0.05) is 5.56 Å². The lowest BCUT2D eigenvalue weighted by atomic mass is 10.2. The molecule has 1 amide bonds. The van der Waals surface area contributed by atoms with Crippen molar-refractivity contribution in [2.24, 2.45) is 5.10 Å². The molecule has 0 bridgehead atoms. The molecule has 0 atom stereocenters. The Bertz CT molecular complexity index is 480. The molecule has 0 aromatic heterocycles. The molecular weight excluding hydrogens is 248 g/mol. The number of ether oxygens (including phenoxy) is 2. The highest BCUT2D eigenvalue weighted by atomic mass is 16.5. The lowest BCUT2D eigenvalue weighted by Crippen LogP contribution is -2.23. The maximum atomic E-state index is 11.7. The minimum absolute atomic E-state index is 0.0868. The molecule has 0 aliphatic carbocycles. The Morgan fingerprint density at radius 2 is 1.89 bits per heavy atom. The minimum Gasteiger partial charge on any atom is -0.497 e. The Kier molecular flexibility index (Phi) is 5.53. The normalized spacial score (nSPS) is 10.8. The Labute approximate surface area is 111 Å². The van der Waals surface area contributed by atoms with Gasteiger partial charge < -0.3 is 9.47 Å². The summed E-state index contributed by atoms with van der Waals surface area (Å²) in [7, 11) is 1.54. The molecule has 0 spiro atoms. The fourth-order valence-electron chi connectivity index (χ4n) is 1.22. The fraction of sp³-hybridized carbons (Fsp3) is 0.308. The zero-order valence-electron chi connectivity index (χ0n) is 11.1. The van der Waals surface area contributed by atoms with Gasteiger partial charge in [-0.05, 0) is 38.1 Å². The van der Waals surface area contributed by atoms with E-state index in [1.807, 2.05) is 0 Å². The van der Waals surface area contributed by atoms with Crippen molar-refractivity contribution < 1.29 is 19.1 Å². The van der Waals surface area contributed by atoms with Gasteiger partial charge in [0.05, 0.1) is 13.7 Å². The third kappa shape index (κ3) is 4.42. The van der Waals surface area contributed by atoms with E-state index in [0.29, 0.717) is 11.3 Å². The smallest absolute Gasteiger partial charge is 0.354 e. The second kappa shape index (κ2) is 7.15. The summed E-state index contributed by atoms with van der Waals surface area (Å²) in [5.41, 5.74) is 2.79. The number of hydrogen-bond acceptors (Lipinski definition) is 5. The molecular formula is C13H16N2O4. The van der Waals surface area contributed by atoms with Crippen LogP contribution in [0.2, 0.25) is 0 Å². The molecule has 0 radical (unpaired) electrons. The highest BCUT2D eigenvalue weighted by Crippen LogP contribution is 2.10. The summed E-state index contributed by atoms with van der Waals surface area (Å²) in [6, 6.07) is 6.53. The number of amides is 1. The van der Waals surface area contributed by atoms with Gasteiger partial charge in [-0.15, -0.1) is 0 Å². The molecule has 19 heavy (non-hydrogen) atoms. The highest BCUT2D eigenvalue weighted by molar-refractivity contribution is 6.35. The maximum Gasteiger partial charge on any atom is 0.354 e. The molecule has 1 rings (SSSR count). The SMILES string of the molecule is CCOC(=O)C(C)=NNC(=O)c1ccc(OC)cc1. The number of rotatable bonds is 5. The van der Waals surface area contributed by atoms with Crippen LogP contribution in [0.4, 0.5) is 0 Å². The minimum atomic E-state index is -0.558. The second-order valence-electron chi connectivity index (χ2n) is 3.59. The zero-order chi connectivity index (χ0) is 14.3. The maximum absolute atomic E-state index is 11.7. The van der Waals surface area contributed by atoms with Crippen molar-refractivity contribution in [3.8, 4) is 5.75 Å². The second-order valence-corrected chi connectivity index (χ2v) is 3.59. The van der Waals surface area contributed by atoms with Gasteiger partial charge in [0.15, 0.2) is 0 Å². The van der Waals surface area contributed by atoms with E-state index in [1.54, 1.807) is 38.3 Å². The Balaban J connectivity index is 2.64. The van der Waals surface area contributed by atoms with Crippen molar-refractivity contribution in [1.82, 2.24) is 5.43 Å². The number of hydrazone groups is 1. The van der Waals surface area contributed by atoms with E-state index >= 15 is 0 Å². The van der Waals surface area contributed by atoms with Gasteiger partial charge in [-0.3, -0.25) is 4.79 Å². The van der Waals surface area contributed by atoms with Crippen LogP contribution in [0.25, 0.3) is 0 Å². The van der Waals surface area contributed by atoms with Gasteiger partial charge in [-0.1, -0.05) is 0 Å². The van der Waals surface area contributed by atoms with E-state index in [-0.39, 0.29) is 12.3 Å². The first-order valence-corrected chi connectivity index (χ1v) is 5.74. The number of esters is 1. The van der Waals surface area contributed by atoms with Crippen LogP contribution in [-0.4, -0.2) is 31.3 Å². The van der Waals surface area contributed by atoms with Gasteiger partial charge in [0.2, 0.25) is 0 Å². The van der Waals surface area contributed by atoms with Crippen molar-refractivity contribution >= 4 is 17.6 Å². The summed E-state index contributed by atoms with van der Waals surface area (Å²) < 4.78 is 9.72. The summed E-state index contributed by atoms with van der Waals surface area (Å²) in [5.74, 6) is -0.313. The first-order valence-electron chi connectivity index (χ1n) is 5.74. The number of benzene rings is 1. The molecule has 6 nitrogen and oxygen atoms in total. The summed E-state index contributed by atoms with van der Waals surface area (Å²) in [6.45, 7) is 3.42. The van der Waals surface area contributed by atoms with Crippen LogP contribution in [-0.2, 0) is 9.53 Å². The Hall–Kier alpha value is -2.37. The van der Waals surface area contributed by atoms with Gasteiger partial charge in [-0.2, -0.15) is 5.10 Å². The van der Waals surface area contributed by atoms with Crippen LogP contribution >= 0.6 is 0 Å². The summed E-state index contributed by atoms with van der Waals surface area (Å²) in [5, 5.41) is 3.67. The van der Waals surface area contributed by atoms with E-state index in [1.165, 1.54) is 6.92 Å². The van der Waals surface area contributed by atoms with Crippen molar-refractivity contribution in [3.05, 3.63) is 29.8 Å². The fourth-order valence-corrected chi connectivity index (χ4v) is 1.22. The predicted molar refractivity (Wildman–Crippen MR) is 70.2 cm³/mol. The van der Waals surface area contributed by atoms with E-state index in [4.69, 9.17) is 9.47 Å². The van der Waals surface area contributed by atoms with Gasteiger partial charge in [-0.25, -0.2) is 10.2 Å². The van der Waals surface area contributed by atoms with E-state index in [2.05, 4.69) is 10.5 Å². The molecule has 0 unspecified atom stereocenters. The number of hydrogen-bond donors (Lipinski definition) is 1. The van der Waals surface area contributed by atoms with Gasteiger partial charge in [0.25, 0.3) is 5.91 Å². The van der Waals surface area contributed by atoms with Crippen LogP contribution in [0.3, 0.4) is 0 Å². The average molecular weight is 264 g/mol. The van der Waals surface area contributed by atoms with E-state index in [0.717, 1.165) is 0 Å². The van der Waals surface area contributed by atoms with Crippen molar-refractivity contribution in [2.45, 2.75) is 13.8 Å². The standard InChI is InChI=1S/C13H16N2O4/c1-4-19-13(17)9(2)14-15-12(16)10-5-7-11(18-3)8-6-10/h5-8H,4H2,1-3H3,(H,15,16). The van der Waals surface area contributed by atoms with Gasteiger partial charge >= 0.3 is 5.97 Å². The van der Waals surface area contributed by atoms with Crippen LogP contribution in [0.15, 0.2) is 29.4 Å². The first-order chi connectivity index (χ1) is 9.08. The Morgan fingerprint density at radius 3 is 2.42 bits per heavy atom. The molecule has 0 saturated heterocycles. The molecule has 6 heteroatoms. The number of nitrogens with zero attached hydrogens (tertiary/aromatic N) is 1. The van der Waals surface area contributed by atoms with Gasteiger partial charge in [0.1, 0.15) is 11.5 Å². The lowest BCUT2D eigenvalue weighted by molar-refractivity contribution is -0.135. The van der Waals surface area contributed by atoms with Crippen LogP contribution < -0.4 is 10.2 Å². The third-order valence-electron chi connectivity index (χ3n) is 2.25. The summed E-state index contributed by atoms with van der Waals surface area (Å²) >= 11 is 0. The van der Waals surface area contributed by atoms with Crippen LogP contribution in [0, 0.1) is 0 Å². The lowest BCUT2D eigenvalue weighted by Gasteiger charge is -2.03. The number of methoxy groups -OCH3 is 1. The topological polar surface area (TPSA) is 77.0 Å². The van der Waals surface area contributed by atoms with Crippen molar-refractivity contribution in [1.29, 1.82) is 0 Å². The average Bonchev–Trinajstić information content (AvgIpc) is 2.44.